The van der Waals surface area contributed by atoms with Crippen LogP contribution >= 0.6 is 46.6 Å². The number of nitrogens with one attached hydrogen (secondary N) is 1. The lowest BCUT2D eigenvalue weighted by atomic mass is 10.1. The number of thioether (sulfide) groups is 1. The number of benzene rings is 2. The Morgan fingerprint density at radius 1 is 1.03 bits per heavy atom. The van der Waals surface area contributed by atoms with Crippen LogP contribution in [-0.2, 0) is 16.1 Å². The molecule has 0 saturated carbocycles. The molecule has 0 spiro atoms. The molecular formula is C23H27Cl3N2O2S. The molecule has 1 N–H and O–H groups in total. The Kier molecular flexibility index (Phi) is 9.56. The number of hydrogen-bond acceptors (Lipinski definition) is 3. The summed E-state index contributed by atoms with van der Waals surface area (Å²) < 4.78 is 0. The average Bonchev–Trinajstić information content (AvgIpc) is 2.67. The van der Waals surface area contributed by atoms with Crippen LogP contribution in [0.15, 0.2) is 47.4 Å². The van der Waals surface area contributed by atoms with Gasteiger partial charge in [-0.1, -0.05) is 40.9 Å². The zero-order chi connectivity index (χ0) is 23.2. The Morgan fingerprint density at radius 2 is 1.65 bits per heavy atom. The first kappa shape index (κ1) is 25.9. The van der Waals surface area contributed by atoms with Gasteiger partial charge in [-0.15, -0.1) is 11.8 Å². The minimum atomic E-state index is -0.654. The lowest BCUT2D eigenvalue weighted by Gasteiger charge is -2.31. The van der Waals surface area contributed by atoms with Gasteiger partial charge in [0.2, 0.25) is 11.8 Å². The molecule has 8 heteroatoms. The molecule has 168 valence electrons. The number of nitrogens with zero attached hydrogens (tertiary/aromatic N) is 1. The summed E-state index contributed by atoms with van der Waals surface area (Å²) in [5, 5.41) is 4.60. The van der Waals surface area contributed by atoms with E-state index >= 15 is 0 Å². The van der Waals surface area contributed by atoms with Gasteiger partial charge in [-0.25, -0.2) is 0 Å². The molecule has 2 rings (SSSR count). The van der Waals surface area contributed by atoms with Gasteiger partial charge in [-0.2, -0.15) is 0 Å². The van der Waals surface area contributed by atoms with Gasteiger partial charge in [0.15, 0.2) is 0 Å². The van der Waals surface area contributed by atoms with Crippen LogP contribution in [0.4, 0.5) is 0 Å². The van der Waals surface area contributed by atoms with E-state index in [2.05, 4.69) is 5.32 Å². The van der Waals surface area contributed by atoms with Crippen LogP contribution in [0.3, 0.4) is 0 Å². The van der Waals surface area contributed by atoms with E-state index in [4.69, 9.17) is 34.8 Å². The summed E-state index contributed by atoms with van der Waals surface area (Å²) in [5.41, 5.74) is 0.336. The van der Waals surface area contributed by atoms with Crippen molar-refractivity contribution in [2.75, 3.05) is 5.75 Å². The van der Waals surface area contributed by atoms with Crippen LogP contribution in [0.5, 0.6) is 0 Å². The summed E-state index contributed by atoms with van der Waals surface area (Å²) in [4.78, 5) is 28.5. The van der Waals surface area contributed by atoms with E-state index < -0.39 is 11.6 Å². The first-order chi connectivity index (χ1) is 14.5. The second kappa shape index (κ2) is 11.5. The third-order valence-corrected chi connectivity index (χ3v) is 6.27. The first-order valence-electron chi connectivity index (χ1n) is 9.90. The fourth-order valence-corrected chi connectivity index (χ4v) is 4.26. The standard InChI is InChI=1S/C23H27Cl3N2O2S/c1-15(22(30)27-23(2,3)4)28(14-16-5-6-18(25)13-20(16)26)21(29)11-12-31-19-9-7-17(24)8-10-19/h5-10,13,15H,11-12,14H2,1-4H3,(H,27,30)/t15-/m0/s1. The third kappa shape index (κ3) is 8.57. The predicted octanol–water partition coefficient (Wildman–Crippen LogP) is 6.46. The Labute approximate surface area is 203 Å². The maximum Gasteiger partial charge on any atom is 0.242 e. The summed E-state index contributed by atoms with van der Waals surface area (Å²) in [6.07, 6.45) is 0.283. The molecule has 0 aliphatic carbocycles. The minimum absolute atomic E-state index is 0.121. The van der Waals surface area contributed by atoms with Gasteiger partial charge in [0, 0.05) is 44.2 Å². The summed E-state index contributed by atoms with van der Waals surface area (Å²) in [5.74, 6) is 0.249. The zero-order valence-electron chi connectivity index (χ0n) is 18.0. The number of carbonyl (C=O) groups is 2. The predicted molar refractivity (Wildman–Crippen MR) is 131 cm³/mol. The van der Waals surface area contributed by atoms with Crippen molar-refractivity contribution >= 4 is 58.4 Å². The van der Waals surface area contributed by atoms with Crippen LogP contribution in [-0.4, -0.2) is 34.0 Å². The van der Waals surface area contributed by atoms with E-state index in [1.165, 1.54) is 0 Å². The summed E-state index contributed by atoms with van der Waals surface area (Å²) >= 11 is 19.8. The third-order valence-electron chi connectivity index (χ3n) is 4.42. The second-order valence-electron chi connectivity index (χ2n) is 8.22. The van der Waals surface area contributed by atoms with Crippen molar-refractivity contribution in [3.63, 3.8) is 0 Å². The van der Waals surface area contributed by atoms with Crippen LogP contribution in [0.25, 0.3) is 0 Å². The van der Waals surface area contributed by atoms with Crippen molar-refractivity contribution < 1.29 is 9.59 Å². The smallest absolute Gasteiger partial charge is 0.242 e. The van der Waals surface area contributed by atoms with Crippen LogP contribution < -0.4 is 5.32 Å². The number of hydrogen-bond donors (Lipinski definition) is 1. The molecule has 0 heterocycles. The van der Waals surface area contributed by atoms with Gasteiger partial charge in [0.05, 0.1) is 0 Å². The minimum Gasteiger partial charge on any atom is -0.350 e. The van der Waals surface area contributed by atoms with Crippen LogP contribution in [0.2, 0.25) is 15.1 Å². The number of halogens is 3. The molecule has 1 atom stereocenters. The van der Waals surface area contributed by atoms with Gasteiger partial charge in [-0.05, 0) is 69.7 Å². The Hall–Kier alpha value is -1.40. The SMILES string of the molecule is C[C@@H](C(=O)NC(C)(C)C)N(Cc1ccc(Cl)cc1Cl)C(=O)CCSc1ccc(Cl)cc1. The van der Waals surface area contributed by atoms with Crippen molar-refractivity contribution in [3.8, 4) is 0 Å². The normalized spacial score (nSPS) is 12.4. The van der Waals surface area contributed by atoms with Gasteiger partial charge in [-0.3, -0.25) is 9.59 Å². The van der Waals surface area contributed by atoms with Crippen molar-refractivity contribution in [1.29, 1.82) is 0 Å². The molecule has 0 bridgehead atoms. The van der Waals surface area contributed by atoms with Gasteiger partial charge < -0.3 is 10.2 Å². The molecule has 2 aromatic carbocycles. The molecule has 2 aromatic rings. The highest BCUT2D eigenvalue weighted by molar-refractivity contribution is 7.99. The van der Waals surface area contributed by atoms with Crippen molar-refractivity contribution in [2.24, 2.45) is 0 Å². The van der Waals surface area contributed by atoms with Crippen molar-refractivity contribution in [3.05, 3.63) is 63.1 Å². The molecule has 0 unspecified atom stereocenters. The molecule has 0 saturated heterocycles. The average molecular weight is 502 g/mol. The zero-order valence-corrected chi connectivity index (χ0v) is 21.1. The summed E-state index contributed by atoms with van der Waals surface area (Å²) in [7, 11) is 0. The first-order valence-corrected chi connectivity index (χ1v) is 12.0. The van der Waals surface area contributed by atoms with E-state index in [0.717, 1.165) is 10.5 Å². The molecule has 0 aliphatic heterocycles. The summed E-state index contributed by atoms with van der Waals surface area (Å²) in [6, 6.07) is 12.0. The molecule has 0 radical (unpaired) electrons. The second-order valence-corrected chi connectivity index (χ2v) is 10.7. The highest BCUT2D eigenvalue weighted by Gasteiger charge is 2.28. The molecule has 31 heavy (non-hydrogen) atoms. The van der Waals surface area contributed by atoms with E-state index in [1.54, 1.807) is 41.8 Å². The molecule has 4 nitrogen and oxygen atoms in total. The van der Waals surface area contributed by atoms with Gasteiger partial charge in [0.25, 0.3) is 0 Å². The Morgan fingerprint density at radius 3 is 2.23 bits per heavy atom. The highest BCUT2D eigenvalue weighted by atomic mass is 35.5. The van der Waals surface area contributed by atoms with E-state index in [-0.39, 0.29) is 24.8 Å². The van der Waals surface area contributed by atoms with Crippen LogP contribution in [0.1, 0.15) is 39.7 Å². The maximum atomic E-state index is 13.1. The molecule has 0 aliphatic rings. The Bertz CT molecular complexity index is 914. The lowest BCUT2D eigenvalue weighted by Crippen LogP contribution is -2.52. The fourth-order valence-electron chi connectivity index (χ4n) is 2.82. The molecule has 2 amide bonds. The molecular weight excluding hydrogens is 475 g/mol. The van der Waals surface area contributed by atoms with E-state index in [1.807, 2.05) is 45.0 Å². The van der Waals surface area contributed by atoms with E-state index in [9.17, 15) is 9.59 Å². The van der Waals surface area contributed by atoms with Crippen molar-refractivity contribution in [2.45, 2.75) is 57.1 Å². The molecule has 0 fully saturated rings. The van der Waals surface area contributed by atoms with Crippen LogP contribution in [0, 0.1) is 0 Å². The Balaban J connectivity index is 2.13. The largest absolute Gasteiger partial charge is 0.350 e. The van der Waals surface area contributed by atoms with E-state index in [0.29, 0.717) is 20.8 Å². The fraction of sp³-hybridized carbons (Fsp3) is 0.391. The highest BCUT2D eigenvalue weighted by Crippen LogP contribution is 2.25. The summed E-state index contributed by atoms with van der Waals surface area (Å²) in [6.45, 7) is 7.67. The quantitative estimate of drug-likeness (QED) is 0.422. The monoisotopic (exact) mass is 500 g/mol. The lowest BCUT2D eigenvalue weighted by molar-refractivity contribution is -0.140. The number of carbonyl (C=O) groups excluding carboxylic acids is 2. The van der Waals surface area contributed by atoms with Gasteiger partial charge in [0.1, 0.15) is 6.04 Å². The maximum absolute atomic E-state index is 13.1. The number of rotatable bonds is 8. The number of amides is 2. The van der Waals surface area contributed by atoms with Gasteiger partial charge >= 0.3 is 0 Å². The topological polar surface area (TPSA) is 49.4 Å². The molecule has 0 aromatic heterocycles. The van der Waals surface area contributed by atoms with Crippen molar-refractivity contribution in [1.82, 2.24) is 10.2 Å².